The van der Waals surface area contributed by atoms with Gasteiger partial charge < -0.3 is 0 Å². The first-order valence-electron chi connectivity index (χ1n) is 5.86. The fourth-order valence-corrected chi connectivity index (χ4v) is 2.60. The van der Waals surface area contributed by atoms with E-state index in [2.05, 4.69) is 15.9 Å². The van der Waals surface area contributed by atoms with Crippen LogP contribution in [-0.2, 0) is 6.18 Å². The van der Waals surface area contributed by atoms with Crippen molar-refractivity contribution in [2.45, 2.75) is 18.5 Å². The summed E-state index contributed by atoms with van der Waals surface area (Å²) in [5.41, 5.74) is 1.55. The van der Waals surface area contributed by atoms with Crippen molar-refractivity contribution >= 4 is 27.5 Å². The zero-order chi connectivity index (χ0) is 14.9. The molecule has 2 aromatic carbocycles. The van der Waals surface area contributed by atoms with Crippen LogP contribution in [0, 0.1) is 6.92 Å². The summed E-state index contributed by atoms with van der Waals surface area (Å²) in [6.45, 7) is 1.94. The lowest BCUT2D eigenvalue weighted by Gasteiger charge is -2.15. The molecule has 0 heterocycles. The summed E-state index contributed by atoms with van der Waals surface area (Å²) in [6.07, 6.45) is -4.40. The number of rotatable bonds is 2. The maximum absolute atomic E-state index is 12.9. The molecule has 0 aromatic heterocycles. The Kier molecular flexibility index (Phi) is 4.45. The van der Waals surface area contributed by atoms with Gasteiger partial charge in [0.25, 0.3) is 0 Å². The maximum atomic E-state index is 12.9. The van der Waals surface area contributed by atoms with Crippen molar-refractivity contribution in [3.63, 3.8) is 0 Å². The van der Waals surface area contributed by atoms with Gasteiger partial charge in [-0.3, -0.25) is 0 Å². The van der Waals surface area contributed by atoms with Gasteiger partial charge in [0.15, 0.2) is 0 Å². The van der Waals surface area contributed by atoms with Gasteiger partial charge in [0.05, 0.1) is 10.9 Å². The van der Waals surface area contributed by atoms with Crippen molar-refractivity contribution in [1.29, 1.82) is 0 Å². The second kappa shape index (κ2) is 5.78. The SMILES string of the molecule is Cc1ccc(C(Cl)c2ccc(Br)c(C(F)(F)F)c2)cc1. The molecule has 0 aliphatic carbocycles. The highest BCUT2D eigenvalue weighted by molar-refractivity contribution is 9.10. The summed E-state index contributed by atoms with van der Waals surface area (Å²) in [5.74, 6) is 0. The molecule has 1 unspecified atom stereocenters. The molecule has 0 fully saturated rings. The first-order valence-corrected chi connectivity index (χ1v) is 7.09. The van der Waals surface area contributed by atoms with E-state index in [1.54, 1.807) is 6.07 Å². The molecule has 1 atom stereocenters. The van der Waals surface area contributed by atoms with Crippen molar-refractivity contribution in [3.05, 3.63) is 69.2 Å². The number of halogens is 5. The van der Waals surface area contributed by atoms with E-state index in [1.165, 1.54) is 6.07 Å². The molecule has 0 aliphatic rings. The summed E-state index contributed by atoms with van der Waals surface area (Å²) >= 11 is 9.19. The molecule has 0 saturated carbocycles. The fourth-order valence-electron chi connectivity index (χ4n) is 1.85. The fraction of sp³-hybridized carbons (Fsp3) is 0.200. The smallest absolute Gasteiger partial charge is 0.166 e. The summed E-state index contributed by atoms with van der Waals surface area (Å²) in [6, 6.07) is 11.5. The highest BCUT2D eigenvalue weighted by Gasteiger charge is 2.33. The molecule has 0 amide bonds. The normalized spacial score (nSPS) is 13.3. The third-order valence-corrected chi connectivity index (χ3v) is 4.15. The van der Waals surface area contributed by atoms with Gasteiger partial charge in [-0.05, 0) is 30.2 Å². The van der Waals surface area contributed by atoms with E-state index in [9.17, 15) is 13.2 Å². The lowest BCUT2D eigenvalue weighted by atomic mass is 10.0. The number of aryl methyl sites for hydroxylation is 1. The lowest BCUT2D eigenvalue weighted by Crippen LogP contribution is -2.07. The van der Waals surface area contributed by atoms with Crippen molar-refractivity contribution in [2.75, 3.05) is 0 Å². The average molecular weight is 364 g/mol. The first kappa shape index (κ1) is 15.4. The molecule has 0 nitrogen and oxygen atoms in total. The monoisotopic (exact) mass is 362 g/mol. The summed E-state index contributed by atoms with van der Waals surface area (Å²) in [7, 11) is 0. The van der Waals surface area contributed by atoms with E-state index in [4.69, 9.17) is 11.6 Å². The van der Waals surface area contributed by atoms with Crippen LogP contribution in [0.25, 0.3) is 0 Å². The molecule has 5 heteroatoms. The largest absolute Gasteiger partial charge is 0.417 e. The van der Waals surface area contributed by atoms with Gasteiger partial charge in [0.2, 0.25) is 0 Å². The van der Waals surface area contributed by atoms with Crippen LogP contribution in [0.15, 0.2) is 46.9 Å². The highest BCUT2D eigenvalue weighted by atomic mass is 79.9. The van der Waals surface area contributed by atoms with Crippen LogP contribution in [0.3, 0.4) is 0 Å². The van der Waals surface area contributed by atoms with E-state index in [0.29, 0.717) is 5.56 Å². The predicted octanol–water partition coefficient (Wildman–Crippen LogP) is 6.10. The van der Waals surface area contributed by atoms with Gasteiger partial charge in [-0.2, -0.15) is 13.2 Å². The third-order valence-electron chi connectivity index (χ3n) is 2.96. The third kappa shape index (κ3) is 3.36. The van der Waals surface area contributed by atoms with E-state index in [0.717, 1.165) is 17.2 Å². The van der Waals surface area contributed by atoms with Gasteiger partial charge in [0, 0.05) is 4.47 Å². The Labute approximate surface area is 128 Å². The lowest BCUT2D eigenvalue weighted by molar-refractivity contribution is -0.138. The molecule has 0 spiro atoms. The zero-order valence-electron chi connectivity index (χ0n) is 10.5. The second-order valence-corrected chi connectivity index (χ2v) is 5.80. The van der Waals surface area contributed by atoms with E-state index in [1.807, 2.05) is 31.2 Å². The van der Waals surface area contributed by atoms with Crippen LogP contribution in [0.5, 0.6) is 0 Å². The van der Waals surface area contributed by atoms with E-state index >= 15 is 0 Å². The molecule has 0 radical (unpaired) electrons. The zero-order valence-corrected chi connectivity index (χ0v) is 12.9. The molecule has 2 rings (SSSR count). The minimum atomic E-state index is -4.40. The second-order valence-electron chi connectivity index (χ2n) is 4.51. The molecule has 2 aromatic rings. The van der Waals surface area contributed by atoms with Crippen molar-refractivity contribution < 1.29 is 13.2 Å². The average Bonchev–Trinajstić information content (AvgIpc) is 2.38. The maximum Gasteiger partial charge on any atom is 0.417 e. The number of hydrogen-bond donors (Lipinski definition) is 0. The van der Waals surface area contributed by atoms with Gasteiger partial charge in [-0.15, -0.1) is 11.6 Å². The standard InChI is InChI=1S/C15H11BrClF3/c1-9-2-4-10(5-3-9)14(17)11-6-7-13(16)12(8-11)15(18,19)20/h2-8,14H,1H3. The topological polar surface area (TPSA) is 0 Å². The Morgan fingerprint density at radius 3 is 2.10 bits per heavy atom. The van der Waals surface area contributed by atoms with Crippen LogP contribution in [-0.4, -0.2) is 0 Å². The molecule has 20 heavy (non-hydrogen) atoms. The van der Waals surface area contributed by atoms with Crippen LogP contribution in [0.2, 0.25) is 0 Å². The van der Waals surface area contributed by atoms with E-state index in [-0.39, 0.29) is 4.47 Å². The van der Waals surface area contributed by atoms with E-state index < -0.39 is 17.1 Å². The van der Waals surface area contributed by atoms with Crippen molar-refractivity contribution in [1.82, 2.24) is 0 Å². The highest BCUT2D eigenvalue weighted by Crippen LogP contribution is 2.38. The van der Waals surface area contributed by atoms with Crippen LogP contribution >= 0.6 is 27.5 Å². The van der Waals surface area contributed by atoms with Crippen LogP contribution < -0.4 is 0 Å². The van der Waals surface area contributed by atoms with Gasteiger partial charge in [-0.25, -0.2) is 0 Å². The molecule has 0 aliphatic heterocycles. The quantitative estimate of drug-likeness (QED) is 0.565. The summed E-state index contributed by atoms with van der Waals surface area (Å²) < 4.78 is 38.6. The molecule has 0 saturated heterocycles. The summed E-state index contributed by atoms with van der Waals surface area (Å²) in [4.78, 5) is 0. The van der Waals surface area contributed by atoms with Gasteiger partial charge in [0.1, 0.15) is 0 Å². The minimum Gasteiger partial charge on any atom is -0.166 e. The molecular formula is C15H11BrClF3. The molecule has 0 bridgehead atoms. The number of alkyl halides is 4. The Hall–Kier alpha value is -1.00. The van der Waals surface area contributed by atoms with Crippen molar-refractivity contribution in [3.8, 4) is 0 Å². The molecule has 106 valence electrons. The summed E-state index contributed by atoms with van der Waals surface area (Å²) in [5, 5.41) is -0.607. The van der Waals surface area contributed by atoms with Gasteiger partial charge >= 0.3 is 6.18 Å². The minimum absolute atomic E-state index is 0.0153. The molecular weight excluding hydrogens is 353 g/mol. The Morgan fingerprint density at radius 1 is 1.00 bits per heavy atom. The Morgan fingerprint density at radius 2 is 1.55 bits per heavy atom. The molecule has 0 N–H and O–H groups in total. The van der Waals surface area contributed by atoms with Crippen LogP contribution in [0.1, 0.15) is 27.6 Å². The number of hydrogen-bond acceptors (Lipinski definition) is 0. The first-order chi connectivity index (χ1) is 9.29. The van der Waals surface area contributed by atoms with Crippen LogP contribution in [0.4, 0.5) is 13.2 Å². The Bertz CT molecular complexity index is 606. The van der Waals surface area contributed by atoms with Gasteiger partial charge in [-0.1, -0.05) is 51.8 Å². The predicted molar refractivity (Wildman–Crippen MR) is 78.0 cm³/mol. The number of benzene rings is 2. The Balaban J connectivity index is 2.40. The van der Waals surface area contributed by atoms with Crippen molar-refractivity contribution in [2.24, 2.45) is 0 Å².